The summed E-state index contributed by atoms with van der Waals surface area (Å²) in [4.78, 5) is 10.5. The Labute approximate surface area is 83.4 Å². The fraction of sp³-hybridized carbons (Fsp3) is 0. The molecule has 1 aromatic carbocycles. The third kappa shape index (κ3) is 1.41. The summed E-state index contributed by atoms with van der Waals surface area (Å²) in [6.45, 7) is 0. The lowest BCUT2D eigenvalue weighted by Crippen LogP contribution is -1.77. The van der Waals surface area contributed by atoms with Crippen molar-refractivity contribution in [3.63, 3.8) is 0 Å². The zero-order chi connectivity index (χ0) is 9.42. The molecular weight excluding hydrogens is 208 g/mol. The van der Waals surface area contributed by atoms with Crippen molar-refractivity contribution in [2.24, 2.45) is 0 Å². The molecule has 2 rings (SSSR count). The molecule has 0 aliphatic carbocycles. The molecule has 2 aromatic rings. The molecule has 0 bridgehead atoms. The van der Waals surface area contributed by atoms with Crippen LogP contribution in [0.3, 0.4) is 0 Å². The molecule has 1 aromatic heterocycles. The van der Waals surface area contributed by atoms with Crippen molar-refractivity contribution in [1.29, 1.82) is 0 Å². The molecule has 0 amide bonds. The average Bonchev–Trinajstić information content (AvgIpc) is 2.46. The van der Waals surface area contributed by atoms with E-state index in [1.54, 1.807) is 18.2 Å². The Balaban J connectivity index is 2.82. The SMILES string of the molecule is O=Cc1cc(Cl)c2sc(O)cc2c1. The van der Waals surface area contributed by atoms with E-state index in [0.29, 0.717) is 10.6 Å². The van der Waals surface area contributed by atoms with Gasteiger partial charge in [0, 0.05) is 5.56 Å². The lowest BCUT2D eigenvalue weighted by Gasteiger charge is -1.94. The highest BCUT2D eigenvalue weighted by molar-refractivity contribution is 7.21. The number of hydrogen-bond acceptors (Lipinski definition) is 3. The first-order chi connectivity index (χ1) is 6.20. The Hall–Kier alpha value is -1.06. The van der Waals surface area contributed by atoms with Gasteiger partial charge >= 0.3 is 0 Å². The topological polar surface area (TPSA) is 37.3 Å². The number of benzene rings is 1. The Bertz CT molecular complexity index is 476. The first-order valence-corrected chi connectivity index (χ1v) is 4.77. The van der Waals surface area contributed by atoms with Crippen LogP contribution in [0, 0.1) is 0 Å². The number of halogens is 1. The van der Waals surface area contributed by atoms with Crippen molar-refractivity contribution in [2.75, 3.05) is 0 Å². The van der Waals surface area contributed by atoms with Crippen LogP contribution in [0.25, 0.3) is 10.1 Å². The second-order valence-electron chi connectivity index (χ2n) is 2.62. The summed E-state index contributed by atoms with van der Waals surface area (Å²) >= 11 is 7.10. The zero-order valence-electron chi connectivity index (χ0n) is 6.45. The maximum absolute atomic E-state index is 10.5. The number of aldehydes is 1. The molecule has 0 fully saturated rings. The summed E-state index contributed by atoms with van der Waals surface area (Å²) < 4.78 is 0.810. The van der Waals surface area contributed by atoms with Gasteiger partial charge in [-0.1, -0.05) is 22.9 Å². The lowest BCUT2D eigenvalue weighted by molar-refractivity contribution is 0.112. The van der Waals surface area contributed by atoms with Crippen molar-refractivity contribution in [3.8, 4) is 5.06 Å². The van der Waals surface area contributed by atoms with E-state index in [1.807, 2.05) is 0 Å². The van der Waals surface area contributed by atoms with Crippen LogP contribution in [0.15, 0.2) is 18.2 Å². The molecule has 0 aliphatic rings. The van der Waals surface area contributed by atoms with Crippen molar-refractivity contribution in [1.82, 2.24) is 0 Å². The molecule has 0 spiro atoms. The van der Waals surface area contributed by atoms with Gasteiger partial charge in [-0.3, -0.25) is 4.79 Å². The molecule has 1 N–H and O–H groups in total. The van der Waals surface area contributed by atoms with E-state index >= 15 is 0 Å². The van der Waals surface area contributed by atoms with E-state index in [2.05, 4.69) is 0 Å². The lowest BCUT2D eigenvalue weighted by atomic mass is 10.2. The summed E-state index contributed by atoms with van der Waals surface area (Å²) in [5.41, 5.74) is 0.523. The van der Waals surface area contributed by atoms with Gasteiger partial charge in [0.15, 0.2) is 5.06 Å². The minimum atomic E-state index is 0.208. The van der Waals surface area contributed by atoms with Crippen molar-refractivity contribution >= 4 is 39.3 Å². The maximum Gasteiger partial charge on any atom is 0.172 e. The van der Waals surface area contributed by atoms with E-state index < -0.39 is 0 Å². The predicted molar refractivity (Wildman–Crippen MR) is 53.9 cm³/mol. The number of fused-ring (bicyclic) bond motifs is 1. The Morgan fingerprint density at radius 1 is 1.38 bits per heavy atom. The fourth-order valence-corrected chi connectivity index (χ4v) is 2.32. The molecular formula is C9H5ClO2S. The molecule has 0 aliphatic heterocycles. The van der Waals surface area contributed by atoms with E-state index in [0.717, 1.165) is 16.4 Å². The standard InChI is InChI=1S/C9H5ClO2S/c10-7-2-5(4-11)1-6-3-8(12)13-9(6)7/h1-4,12H. The summed E-state index contributed by atoms with van der Waals surface area (Å²) in [6.07, 6.45) is 0.736. The van der Waals surface area contributed by atoms with E-state index in [1.165, 1.54) is 11.3 Å². The Kier molecular flexibility index (Phi) is 1.98. The summed E-state index contributed by atoms with van der Waals surface area (Å²) in [5, 5.41) is 10.7. The third-order valence-electron chi connectivity index (χ3n) is 1.72. The number of thiophene rings is 1. The van der Waals surface area contributed by atoms with Gasteiger partial charge in [-0.05, 0) is 23.6 Å². The first kappa shape index (κ1) is 8.53. The molecule has 66 valence electrons. The van der Waals surface area contributed by atoms with Gasteiger partial charge in [-0.25, -0.2) is 0 Å². The smallest absolute Gasteiger partial charge is 0.172 e. The van der Waals surface area contributed by atoms with Crippen molar-refractivity contribution in [3.05, 3.63) is 28.8 Å². The quantitative estimate of drug-likeness (QED) is 0.738. The molecule has 0 saturated carbocycles. The second-order valence-corrected chi connectivity index (χ2v) is 4.06. The number of rotatable bonds is 1. The molecule has 0 unspecified atom stereocenters. The minimum Gasteiger partial charge on any atom is -0.499 e. The molecule has 0 saturated heterocycles. The van der Waals surface area contributed by atoms with Gasteiger partial charge in [0.25, 0.3) is 0 Å². The van der Waals surface area contributed by atoms with Crippen LogP contribution in [0.4, 0.5) is 0 Å². The zero-order valence-corrected chi connectivity index (χ0v) is 8.02. The second kappa shape index (κ2) is 3.01. The minimum absolute atomic E-state index is 0.208. The monoisotopic (exact) mass is 212 g/mol. The molecule has 1 heterocycles. The fourth-order valence-electron chi connectivity index (χ4n) is 1.19. The Morgan fingerprint density at radius 3 is 2.85 bits per heavy atom. The van der Waals surface area contributed by atoms with Crippen LogP contribution in [-0.2, 0) is 0 Å². The molecule has 2 nitrogen and oxygen atoms in total. The van der Waals surface area contributed by atoms with Crippen LogP contribution in [0.2, 0.25) is 5.02 Å². The summed E-state index contributed by atoms with van der Waals surface area (Å²) in [7, 11) is 0. The molecule has 13 heavy (non-hydrogen) atoms. The number of hydrogen-bond donors (Lipinski definition) is 1. The van der Waals surface area contributed by atoms with E-state index in [9.17, 15) is 9.90 Å². The molecule has 0 atom stereocenters. The highest BCUT2D eigenvalue weighted by Gasteiger charge is 2.06. The molecule has 4 heteroatoms. The van der Waals surface area contributed by atoms with Gasteiger partial charge in [0.05, 0.1) is 9.72 Å². The normalized spacial score (nSPS) is 10.5. The number of carbonyl (C=O) groups excluding carboxylic acids is 1. The van der Waals surface area contributed by atoms with Gasteiger partial charge in [0.1, 0.15) is 6.29 Å². The highest BCUT2D eigenvalue weighted by atomic mass is 35.5. The van der Waals surface area contributed by atoms with E-state index in [-0.39, 0.29) is 5.06 Å². The van der Waals surface area contributed by atoms with Gasteiger partial charge in [0.2, 0.25) is 0 Å². The van der Waals surface area contributed by atoms with Crippen LogP contribution >= 0.6 is 22.9 Å². The largest absolute Gasteiger partial charge is 0.499 e. The average molecular weight is 213 g/mol. The summed E-state index contributed by atoms with van der Waals surface area (Å²) in [5.74, 6) is 0. The van der Waals surface area contributed by atoms with E-state index in [4.69, 9.17) is 11.6 Å². The van der Waals surface area contributed by atoms with Crippen LogP contribution < -0.4 is 0 Å². The van der Waals surface area contributed by atoms with Gasteiger partial charge < -0.3 is 5.11 Å². The van der Waals surface area contributed by atoms with Gasteiger partial charge in [-0.2, -0.15) is 0 Å². The highest BCUT2D eigenvalue weighted by Crippen LogP contribution is 2.36. The molecule has 0 radical (unpaired) electrons. The van der Waals surface area contributed by atoms with Crippen molar-refractivity contribution < 1.29 is 9.90 Å². The van der Waals surface area contributed by atoms with Crippen LogP contribution in [-0.4, -0.2) is 11.4 Å². The van der Waals surface area contributed by atoms with Gasteiger partial charge in [-0.15, -0.1) is 0 Å². The third-order valence-corrected chi connectivity index (χ3v) is 3.11. The number of carbonyl (C=O) groups is 1. The predicted octanol–water partition coefficient (Wildman–Crippen LogP) is 3.07. The first-order valence-electron chi connectivity index (χ1n) is 3.58. The van der Waals surface area contributed by atoms with Crippen LogP contribution in [0.5, 0.6) is 5.06 Å². The summed E-state index contributed by atoms with van der Waals surface area (Å²) in [6, 6.07) is 4.89. The Morgan fingerprint density at radius 2 is 2.15 bits per heavy atom. The number of aromatic hydroxyl groups is 1. The maximum atomic E-state index is 10.5. The van der Waals surface area contributed by atoms with Crippen LogP contribution in [0.1, 0.15) is 10.4 Å². The van der Waals surface area contributed by atoms with Crippen molar-refractivity contribution in [2.45, 2.75) is 0 Å².